The smallest absolute Gasteiger partial charge is 0.293 e. The first-order valence-electron chi connectivity index (χ1n) is 7.94. The molecular formula is C9H13NO2. The second kappa shape index (κ2) is 4.09. The molecule has 3 nitrogen and oxygen atoms in total. The monoisotopic (exact) mass is 177 g/mol. The van der Waals surface area contributed by atoms with Gasteiger partial charge in [-0.15, -0.1) is 0 Å². The SMILES string of the molecule is [2H]Oc1c([2H])c([2H])c([2H])c([C@H](CN([2H])C([2H])([2H])[2H])O[2H])c1[2H]. The lowest BCUT2D eigenvalue weighted by atomic mass is 10.1. The van der Waals surface area contributed by atoms with Gasteiger partial charge in [-0.3, -0.25) is 0 Å². The fraction of sp³-hybridized carbons (Fsp3) is 0.333. The molecule has 0 aliphatic carbocycles. The van der Waals surface area contributed by atoms with Gasteiger partial charge in [0.05, 0.1) is 11.6 Å². The summed E-state index contributed by atoms with van der Waals surface area (Å²) in [7, 11) is 0. The summed E-state index contributed by atoms with van der Waals surface area (Å²) in [6.45, 7) is -3.47. The van der Waals surface area contributed by atoms with E-state index in [1.807, 2.05) is 0 Å². The fourth-order valence-electron chi connectivity index (χ4n) is 0.675. The Morgan fingerprint density at radius 1 is 1.92 bits per heavy atom. The predicted molar refractivity (Wildman–Crippen MR) is 47.0 cm³/mol. The van der Waals surface area contributed by atoms with Gasteiger partial charge in [-0.25, -0.2) is 0 Å². The van der Waals surface area contributed by atoms with Gasteiger partial charge in [0.15, 0.2) is 0 Å². The summed E-state index contributed by atoms with van der Waals surface area (Å²) in [5.41, 5.74) is -0.389. The van der Waals surface area contributed by atoms with Crippen molar-refractivity contribution in [2.75, 3.05) is 13.5 Å². The van der Waals surface area contributed by atoms with Gasteiger partial charge in [-0.1, -0.05) is 12.1 Å². The Kier molecular flexibility index (Phi) is 0.840. The highest BCUT2D eigenvalue weighted by Gasteiger charge is 2.05. The van der Waals surface area contributed by atoms with E-state index in [1.165, 1.54) is 0 Å². The zero-order chi connectivity index (χ0) is 17.2. The quantitative estimate of drug-likeness (QED) is 0.619. The van der Waals surface area contributed by atoms with Crippen LogP contribution in [0.5, 0.6) is 5.75 Å². The Bertz CT molecular complexity index is 548. The van der Waals surface area contributed by atoms with E-state index in [2.05, 4.69) is 10.2 Å². The van der Waals surface area contributed by atoms with Crippen LogP contribution in [0, 0.1) is 0 Å². The van der Waals surface area contributed by atoms with Crippen molar-refractivity contribution in [3.05, 3.63) is 29.7 Å². The summed E-state index contributed by atoms with van der Waals surface area (Å²) < 4.78 is 73.1. The van der Waals surface area contributed by atoms with Gasteiger partial charge in [0.1, 0.15) is 7.16 Å². The van der Waals surface area contributed by atoms with Crippen LogP contribution in [0.4, 0.5) is 0 Å². The molecule has 1 aromatic carbocycles. The molecule has 0 fully saturated rings. The molecule has 12 heavy (non-hydrogen) atoms. The van der Waals surface area contributed by atoms with E-state index in [1.54, 1.807) is 0 Å². The van der Waals surface area contributed by atoms with Crippen LogP contribution >= 0.6 is 0 Å². The van der Waals surface area contributed by atoms with Gasteiger partial charge in [-0.2, -0.15) is 0 Å². The molecule has 3 heteroatoms. The van der Waals surface area contributed by atoms with Gasteiger partial charge in [0.25, 0.3) is 1.43 Å². The number of nitrogens with one attached hydrogen (secondary N) is 1. The number of likely N-dealkylation sites (N-methyl/N-ethyl adjacent to an activating group) is 1. The average molecular weight is 177 g/mol. The fourth-order valence-corrected chi connectivity index (χ4v) is 0.675. The largest absolute Gasteiger partial charge is 0.508 e. The van der Waals surface area contributed by atoms with Crippen molar-refractivity contribution in [2.24, 2.45) is 0 Å². The lowest BCUT2D eigenvalue weighted by Crippen LogP contribution is -2.16. The minimum absolute atomic E-state index is 0.143. The molecule has 66 valence electrons. The van der Waals surface area contributed by atoms with E-state index < -0.39 is 49.5 Å². The summed E-state index contributed by atoms with van der Waals surface area (Å²) in [5.74, 6) is -0.608. The van der Waals surface area contributed by atoms with E-state index in [0.717, 1.165) is 0 Å². The van der Waals surface area contributed by atoms with Crippen molar-refractivity contribution >= 4 is 0 Å². The molecule has 3 N–H and O–H groups in total. The highest BCUT2D eigenvalue weighted by molar-refractivity contribution is 5.28. The molecule has 0 saturated carbocycles. The lowest BCUT2D eigenvalue weighted by Gasteiger charge is -2.09. The summed E-state index contributed by atoms with van der Waals surface area (Å²) in [5, 5.41) is 8.54. The predicted octanol–water partition coefficient (Wildman–Crippen LogP) is 0.645. The highest BCUT2D eigenvalue weighted by Crippen LogP contribution is 2.17. The van der Waals surface area contributed by atoms with Crippen LogP contribution in [0.15, 0.2) is 24.2 Å². The molecule has 1 atom stereocenters. The minimum atomic E-state index is -2.80. The average Bonchev–Trinajstić information content (AvgIpc) is 2.43. The van der Waals surface area contributed by atoms with Crippen LogP contribution in [-0.2, 0) is 0 Å². The standard InChI is InChI=1S/C9H13NO2/c1-10-6-9(12)7-3-2-4-8(11)5-7/h2-5,9-12H,6H2,1H3/t9-/m0/s1/i1D3,2D,3D,4D,5D,12D/hD2. The first-order valence-corrected chi connectivity index (χ1v) is 3.18. The van der Waals surface area contributed by atoms with E-state index >= 15 is 0 Å². The summed E-state index contributed by atoms with van der Waals surface area (Å²) in [6, 6.07) is -2.54. The Labute approximate surface area is 85.9 Å². The van der Waals surface area contributed by atoms with Crippen molar-refractivity contribution in [2.45, 2.75) is 6.10 Å². The number of phenolic OH excluding ortho intramolecular Hbond substituents is 1. The molecular weight excluding hydrogens is 154 g/mol. The van der Waals surface area contributed by atoms with E-state index in [4.69, 9.17) is 13.9 Å². The molecule has 0 radical (unpaired) electrons. The molecule has 0 bridgehead atoms. The van der Waals surface area contributed by atoms with Crippen LogP contribution in [0.3, 0.4) is 0 Å². The maximum atomic E-state index is 7.81. The van der Waals surface area contributed by atoms with Crippen LogP contribution in [0.1, 0.15) is 21.3 Å². The number of aliphatic hydroxyl groups is 1. The number of hydrogen-bond acceptors (Lipinski definition) is 3. The Morgan fingerprint density at radius 2 is 2.92 bits per heavy atom. The van der Waals surface area contributed by atoms with Crippen LogP contribution in [-0.4, -0.2) is 26.6 Å². The zero-order valence-corrected chi connectivity index (χ0v) is 6.05. The topological polar surface area (TPSA) is 52.5 Å². The maximum absolute atomic E-state index is 7.81. The van der Waals surface area contributed by atoms with Gasteiger partial charge in [0, 0.05) is 10.7 Å². The number of hydrogen-bond donors (Lipinski definition) is 3. The summed E-state index contributed by atoms with van der Waals surface area (Å²) >= 11 is 0. The second-order valence-corrected chi connectivity index (χ2v) is 2.07. The van der Waals surface area contributed by atoms with Crippen molar-refractivity contribution in [3.8, 4) is 5.75 Å². The third-order valence-electron chi connectivity index (χ3n) is 1.20. The number of phenols is 1. The zero-order valence-electron chi connectivity index (χ0n) is 16.0. The van der Waals surface area contributed by atoms with E-state index in [-0.39, 0.29) is 10.9 Å². The van der Waals surface area contributed by atoms with Gasteiger partial charge in [-0.05, 0) is 24.6 Å². The molecule has 0 aliphatic rings. The van der Waals surface area contributed by atoms with Crippen molar-refractivity contribution in [3.63, 3.8) is 0 Å². The molecule has 0 spiro atoms. The molecule has 0 aromatic heterocycles. The summed E-state index contributed by atoms with van der Waals surface area (Å²) in [4.78, 5) is 0. The first kappa shape index (κ1) is 2.47. The number of rotatable bonds is 5. The van der Waals surface area contributed by atoms with Gasteiger partial charge in [0.2, 0.25) is 1.43 Å². The highest BCUT2D eigenvalue weighted by atomic mass is 16.3. The molecule has 0 aliphatic heterocycles. The molecule has 1 rings (SSSR count). The normalized spacial score (nSPS) is 25.8. The molecule has 0 unspecified atom stereocenters. The Balaban J connectivity index is 3.37. The Hall–Kier alpha value is -1.06. The molecule has 0 saturated heterocycles. The molecule has 0 heterocycles. The van der Waals surface area contributed by atoms with E-state index in [0.29, 0.717) is 0 Å². The first-order chi connectivity index (χ1) is 10.1. The molecule has 1 aromatic rings. The Morgan fingerprint density at radius 3 is 3.67 bits per heavy atom. The van der Waals surface area contributed by atoms with E-state index in [9.17, 15) is 0 Å². The van der Waals surface area contributed by atoms with Gasteiger partial charge >= 0.3 is 0 Å². The number of benzene rings is 1. The van der Waals surface area contributed by atoms with Crippen molar-refractivity contribution in [1.82, 2.24) is 5.31 Å². The number of aromatic hydroxyl groups is 1. The number of aliphatic hydroxyl groups excluding tert-OH is 1. The lowest BCUT2D eigenvalue weighted by molar-refractivity contribution is 0.177. The summed E-state index contributed by atoms with van der Waals surface area (Å²) in [6.07, 6.45) is -1.50. The minimum Gasteiger partial charge on any atom is -0.508 e. The third-order valence-corrected chi connectivity index (χ3v) is 1.20. The third kappa shape index (κ3) is 2.22. The molecule has 0 amide bonds. The second-order valence-electron chi connectivity index (χ2n) is 2.07. The van der Waals surface area contributed by atoms with Crippen molar-refractivity contribution in [1.29, 1.82) is 2.86 Å². The van der Waals surface area contributed by atoms with Crippen LogP contribution in [0.25, 0.3) is 0 Å². The maximum Gasteiger partial charge on any atom is 0.293 e. The van der Waals surface area contributed by atoms with Gasteiger partial charge < -0.3 is 15.5 Å². The van der Waals surface area contributed by atoms with Crippen molar-refractivity contribution < 1.29 is 21.2 Å². The van der Waals surface area contributed by atoms with Crippen LogP contribution < -0.4 is 5.31 Å². The van der Waals surface area contributed by atoms with Crippen LogP contribution in [0.2, 0.25) is 1.41 Å².